The van der Waals surface area contributed by atoms with Crippen molar-refractivity contribution in [1.82, 2.24) is 9.97 Å². The first-order chi connectivity index (χ1) is 8.20. The molecule has 1 aliphatic rings. The summed E-state index contributed by atoms with van der Waals surface area (Å²) >= 11 is 11.5. The average Bonchev–Trinajstić information content (AvgIpc) is 2.83. The molecule has 94 valence electrons. The highest BCUT2D eigenvalue weighted by atomic mass is 79.9. The van der Waals surface area contributed by atoms with Gasteiger partial charge in [-0.2, -0.15) is 11.8 Å². The number of nitrogens with zero attached hydrogens (tertiary/aromatic N) is 2. The molecular formula is C12H16BrClN2S. The molecular weight excluding hydrogens is 320 g/mol. The van der Waals surface area contributed by atoms with E-state index in [1.807, 2.05) is 11.8 Å². The first kappa shape index (κ1) is 13.6. The van der Waals surface area contributed by atoms with Gasteiger partial charge in [0.1, 0.15) is 11.0 Å². The smallest absolute Gasteiger partial charge is 0.147 e. The van der Waals surface area contributed by atoms with Gasteiger partial charge >= 0.3 is 0 Å². The number of halogens is 2. The summed E-state index contributed by atoms with van der Waals surface area (Å²) in [5.74, 6) is 1.75. The fourth-order valence-corrected chi connectivity index (χ4v) is 3.90. The SMILES string of the molecule is CCc1nc(CSC2CCCC2)nc(Cl)c1Br. The summed E-state index contributed by atoms with van der Waals surface area (Å²) in [6, 6.07) is 0. The van der Waals surface area contributed by atoms with Crippen molar-refractivity contribution in [2.45, 2.75) is 50.0 Å². The Kier molecular flexibility index (Phi) is 5.12. The van der Waals surface area contributed by atoms with Gasteiger partial charge < -0.3 is 0 Å². The molecule has 0 unspecified atom stereocenters. The summed E-state index contributed by atoms with van der Waals surface area (Å²) in [6.45, 7) is 2.08. The molecule has 17 heavy (non-hydrogen) atoms. The maximum absolute atomic E-state index is 6.09. The summed E-state index contributed by atoms with van der Waals surface area (Å²) in [5, 5.41) is 1.34. The van der Waals surface area contributed by atoms with Crippen molar-refractivity contribution in [3.8, 4) is 0 Å². The molecule has 0 radical (unpaired) electrons. The van der Waals surface area contributed by atoms with Crippen LogP contribution in [0.2, 0.25) is 5.15 Å². The van der Waals surface area contributed by atoms with E-state index in [0.29, 0.717) is 5.15 Å². The molecule has 1 aromatic heterocycles. The predicted octanol–water partition coefficient (Wildman–Crippen LogP) is 4.63. The normalized spacial score (nSPS) is 16.6. The van der Waals surface area contributed by atoms with Gasteiger partial charge in [-0.25, -0.2) is 9.97 Å². The lowest BCUT2D eigenvalue weighted by molar-refractivity contribution is 0.886. The van der Waals surface area contributed by atoms with Gasteiger partial charge in [0.05, 0.1) is 15.9 Å². The highest BCUT2D eigenvalue weighted by Crippen LogP contribution is 2.32. The zero-order valence-corrected chi connectivity index (χ0v) is 13.0. The molecule has 0 aliphatic heterocycles. The van der Waals surface area contributed by atoms with E-state index in [4.69, 9.17) is 11.6 Å². The Morgan fingerprint density at radius 1 is 1.35 bits per heavy atom. The number of rotatable bonds is 4. The molecule has 0 aromatic carbocycles. The Morgan fingerprint density at radius 2 is 2.06 bits per heavy atom. The first-order valence-electron chi connectivity index (χ1n) is 6.03. The van der Waals surface area contributed by atoms with Crippen LogP contribution in [0.15, 0.2) is 4.47 Å². The number of hydrogen-bond donors (Lipinski definition) is 0. The molecule has 0 atom stereocenters. The van der Waals surface area contributed by atoms with Gasteiger partial charge in [0.25, 0.3) is 0 Å². The summed E-state index contributed by atoms with van der Waals surface area (Å²) in [4.78, 5) is 8.88. The molecule has 1 aliphatic carbocycles. The van der Waals surface area contributed by atoms with Crippen LogP contribution in [0.1, 0.15) is 44.1 Å². The van der Waals surface area contributed by atoms with Crippen LogP contribution in [0.3, 0.4) is 0 Å². The van der Waals surface area contributed by atoms with Crippen LogP contribution < -0.4 is 0 Å². The van der Waals surface area contributed by atoms with Crippen molar-refractivity contribution < 1.29 is 0 Å². The van der Waals surface area contributed by atoms with E-state index in [-0.39, 0.29) is 0 Å². The first-order valence-corrected chi connectivity index (χ1v) is 8.25. The standard InChI is InChI=1S/C12H16BrClN2S/c1-2-9-11(13)12(14)16-10(15-9)7-17-8-5-3-4-6-8/h8H,2-7H2,1H3. The van der Waals surface area contributed by atoms with Crippen LogP contribution in [-0.2, 0) is 12.2 Å². The fraction of sp³-hybridized carbons (Fsp3) is 0.667. The Hall–Kier alpha value is 0.200. The van der Waals surface area contributed by atoms with Crippen molar-refractivity contribution in [3.05, 3.63) is 21.1 Å². The van der Waals surface area contributed by atoms with E-state index in [2.05, 4.69) is 32.8 Å². The van der Waals surface area contributed by atoms with Crippen molar-refractivity contribution in [2.75, 3.05) is 0 Å². The van der Waals surface area contributed by atoms with Gasteiger partial charge in [0, 0.05) is 5.25 Å². The summed E-state index contributed by atoms with van der Waals surface area (Å²) in [7, 11) is 0. The lowest BCUT2D eigenvalue weighted by atomic mass is 10.3. The lowest BCUT2D eigenvalue weighted by Crippen LogP contribution is -2.02. The van der Waals surface area contributed by atoms with Crippen molar-refractivity contribution in [3.63, 3.8) is 0 Å². The zero-order chi connectivity index (χ0) is 12.3. The fourth-order valence-electron chi connectivity index (χ4n) is 2.06. The number of hydrogen-bond acceptors (Lipinski definition) is 3. The molecule has 1 heterocycles. The van der Waals surface area contributed by atoms with Crippen LogP contribution in [0, 0.1) is 0 Å². The van der Waals surface area contributed by atoms with E-state index in [1.165, 1.54) is 25.7 Å². The Morgan fingerprint density at radius 3 is 2.71 bits per heavy atom. The van der Waals surface area contributed by atoms with Gasteiger partial charge in [-0.1, -0.05) is 31.4 Å². The molecule has 0 spiro atoms. The largest absolute Gasteiger partial charge is 0.236 e. The van der Waals surface area contributed by atoms with Crippen molar-refractivity contribution in [2.24, 2.45) is 0 Å². The van der Waals surface area contributed by atoms with E-state index in [9.17, 15) is 0 Å². The van der Waals surface area contributed by atoms with Crippen LogP contribution in [0.25, 0.3) is 0 Å². The summed E-state index contributed by atoms with van der Waals surface area (Å²) in [6.07, 6.45) is 6.31. The van der Waals surface area contributed by atoms with Gasteiger partial charge in [-0.05, 0) is 35.2 Å². The number of thioether (sulfide) groups is 1. The minimum Gasteiger partial charge on any atom is -0.236 e. The molecule has 0 bridgehead atoms. The molecule has 1 saturated carbocycles. The molecule has 2 rings (SSSR count). The van der Waals surface area contributed by atoms with Crippen molar-refractivity contribution >= 4 is 39.3 Å². The van der Waals surface area contributed by atoms with Crippen LogP contribution >= 0.6 is 39.3 Å². The summed E-state index contributed by atoms with van der Waals surface area (Å²) < 4.78 is 0.844. The maximum atomic E-state index is 6.09. The quantitative estimate of drug-likeness (QED) is 0.750. The molecule has 1 aromatic rings. The predicted molar refractivity (Wildman–Crippen MR) is 77.7 cm³/mol. The molecule has 0 amide bonds. The lowest BCUT2D eigenvalue weighted by Gasteiger charge is -2.09. The van der Waals surface area contributed by atoms with E-state index in [0.717, 1.165) is 33.4 Å². The third-order valence-corrected chi connectivity index (χ3v) is 5.71. The monoisotopic (exact) mass is 334 g/mol. The third-order valence-electron chi connectivity index (χ3n) is 3.01. The topological polar surface area (TPSA) is 25.8 Å². The van der Waals surface area contributed by atoms with Crippen LogP contribution in [-0.4, -0.2) is 15.2 Å². The second kappa shape index (κ2) is 6.39. The van der Waals surface area contributed by atoms with Gasteiger partial charge in [0.15, 0.2) is 0 Å². The Balaban J connectivity index is 2.02. The third kappa shape index (κ3) is 3.58. The molecule has 0 saturated heterocycles. The molecule has 0 N–H and O–H groups in total. The summed E-state index contributed by atoms with van der Waals surface area (Å²) in [5.41, 5.74) is 1.01. The minimum atomic E-state index is 0.541. The van der Waals surface area contributed by atoms with E-state index in [1.54, 1.807) is 0 Å². The molecule has 1 fully saturated rings. The maximum Gasteiger partial charge on any atom is 0.147 e. The Bertz CT molecular complexity index is 394. The van der Waals surface area contributed by atoms with Crippen LogP contribution in [0.4, 0.5) is 0 Å². The second-order valence-corrected chi connectivity index (χ2v) is 6.70. The minimum absolute atomic E-state index is 0.541. The Labute approximate surface area is 120 Å². The van der Waals surface area contributed by atoms with Gasteiger partial charge in [-0.15, -0.1) is 0 Å². The van der Waals surface area contributed by atoms with Crippen LogP contribution in [0.5, 0.6) is 0 Å². The number of aromatic nitrogens is 2. The zero-order valence-electron chi connectivity index (χ0n) is 9.88. The number of aryl methyl sites for hydroxylation is 1. The van der Waals surface area contributed by atoms with E-state index >= 15 is 0 Å². The highest BCUT2D eigenvalue weighted by molar-refractivity contribution is 9.10. The van der Waals surface area contributed by atoms with Gasteiger partial charge in [-0.3, -0.25) is 0 Å². The second-order valence-electron chi connectivity index (χ2n) is 4.26. The highest BCUT2D eigenvalue weighted by Gasteiger charge is 2.16. The van der Waals surface area contributed by atoms with E-state index < -0.39 is 0 Å². The van der Waals surface area contributed by atoms with Gasteiger partial charge in [0.2, 0.25) is 0 Å². The van der Waals surface area contributed by atoms with Crippen molar-refractivity contribution in [1.29, 1.82) is 0 Å². The molecule has 5 heteroatoms. The average molecular weight is 336 g/mol. The molecule has 2 nitrogen and oxygen atoms in total.